The lowest BCUT2D eigenvalue weighted by atomic mass is 15.0. The van der Waals surface area contributed by atoms with Crippen LogP contribution in [-0.4, -0.2) is 23.8 Å². The van der Waals surface area contributed by atoms with Crippen molar-refractivity contribution in [1.29, 1.82) is 0 Å². The van der Waals surface area contributed by atoms with Gasteiger partial charge >= 0.3 is 0 Å². The minimum Gasteiger partial charge on any atom is -0.284 e. The van der Waals surface area contributed by atoms with E-state index in [0.29, 0.717) is 0 Å². The number of rotatable bonds is 0. The molecule has 0 aliphatic rings. The van der Waals surface area contributed by atoms with E-state index in [1.54, 1.807) is 0 Å². The first-order valence-electron chi connectivity index (χ1n) is 0.732. The molecule has 0 fully saturated rings. The van der Waals surface area contributed by atoms with Gasteiger partial charge in [0, 0.05) is 0 Å². The van der Waals surface area contributed by atoms with Crippen molar-refractivity contribution >= 4 is 11.4 Å². The van der Waals surface area contributed by atoms with Crippen LogP contribution in [0.5, 0.6) is 0 Å². The zero-order valence-electron chi connectivity index (χ0n) is 2.61. The molecule has 0 aliphatic carbocycles. The van der Waals surface area contributed by atoms with Crippen molar-refractivity contribution in [3.05, 3.63) is 0 Å². The second-order valence-electron chi connectivity index (χ2n) is 0.231. The maximum absolute atomic E-state index is 8.67. The van der Waals surface area contributed by atoms with E-state index < -0.39 is 11.4 Å². The van der Waals surface area contributed by atoms with Crippen molar-refractivity contribution in [1.82, 2.24) is 0 Å². The smallest absolute Gasteiger partial charge is 0.284 e. The Labute approximate surface area is 36.3 Å². The molecule has 0 saturated heterocycles. The molecule has 0 aliphatic heterocycles. The minimum absolute atomic E-state index is 2.61. The predicted molar refractivity (Wildman–Crippen MR) is 18.7 cm³/mol. The molecule has 0 atom stereocenters. The second kappa shape index (κ2) is 8.89. The van der Waals surface area contributed by atoms with Gasteiger partial charge in [-0.2, -0.15) is 4.21 Å². The van der Waals surface area contributed by atoms with Crippen LogP contribution in [0.2, 0.25) is 0 Å². The topological polar surface area (TPSA) is 98.0 Å². The molecule has 40 valence electrons. The zero-order chi connectivity index (χ0) is 5.58. The average Bonchev–Trinajstić information content (AvgIpc) is 1.41. The van der Waals surface area contributed by atoms with Crippen molar-refractivity contribution in [3.63, 3.8) is 0 Å². The minimum atomic E-state index is -2.61. The lowest BCUT2D eigenvalue weighted by Crippen LogP contribution is -1.74. The van der Waals surface area contributed by atoms with Gasteiger partial charge in [-0.1, -0.05) is 0 Å². The summed E-state index contributed by atoms with van der Waals surface area (Å²) in [6, 6.07) is 0. The Kier molecular flexibility index (Phi) is 13.9. The third-order valence-electron chi connectivity index (χ3n) is 0. The van der Waals surface area contributed by atoms with Gasteiger partial charge in [0.2, 0.25) is 0 Å². The summed E-state index contributed by atoms with van der Waals surface area (Å²) in [4.78, 5) is 0. The monoisotopic (exact) mass is 116 g/mol. The van der Waals surface area contributed by atoms with Crippen LogP contribution in [0.25, 0.3) is 0 Å². The van der Waals surface area contributed by atoms with Crippen LogP contribution in [0.15, 0.2) is 0 Å². The quantitative estimate of drug-likeness (QED) is 0.198. The Bertz CT molecular complexity index is 26.9. The number of hydrogen-bond acceptors (Lipinski definition) is 3. The lowest BCUT2D eigenvalue weighted by Gasteiger charge is -1.59. The molecule has 4 N–H and O–H groups in total. The van der Waals surface area contributed by atoms with Crippen LogP contribution >= 0.6 is 0 Å². The Hall–Kier alpha value is -0.0100. The highest BCUT2D eigenvalue weighted by molar-refractivity contribution is 7.73. The molecule has 0 amide bonds. The molecular formula is H4O5S. The molecule has 0 unspecified atom stereocenters. The Morgan fingerprint density at radius 2 is 1.17 bits per heavy atom. The molecule has 0 rings (SSSR count). The van der Waals surface area contributed by atoms with E-state index in [0.717, 1.165) is 0 Å². The average molecular weight is 116 g/mol. The molecule has 0 aromatic heterocycles. The summed E-state index contributed by atoms with van der Waals surface area (Å²) >= 11 is -2.61. The fourth-order valence-corrected chi connectivity index (χ4v) is 0. The fraction of sp³-hybridized carbons (Fsp3) is 0. The summed E-state index contributed by atoms with van der Waals surface area (Å²) in [5.41, 5.74) is 0. The van der Waals surface area contributed by atoms with Gasteiger partial charge in [0.1, 0.15) is 0 Å². The van der Waals surface area contributed by atoms with Gasteiger partial charge in [0.05, 0.1) is 0 Å². The SMILES string of the molecule is O=S(O)O.OO. The molecule has 0 spiro atoms. The molecule has 0 heterocycles. The first-order valence-corrected chi connectivity index (χ1v) is 1.80. The van der Waals surface area contributed by atoms with E-state index in [4.69, 9.17) is 23.8 Å². The van der Waals surface area contributed by atoms with Crippen molar-refractivity contribution < 1.29 is 23.8 Å². The number of hydrogen-bond donors (Lipinski definition) is 4. The maximum Gasteiger partial charge on any atom is 0.299 e. The Morgan fingerprint density at radius 3 is 1.17 bits per heavy atom. The van der Waals surface area contributed by atoms with Crippen LogP contribution in [0.4, 0.5) is 0 Å². The van der Waals surface area contributed by atoms with Crippen LogP contribution in [-0.2, 0) is 11.4 Å². The Balaban J connectivity index is 0. The maximum atomic E-state index is 8.67. The van der Waals surface area contributed by atoms with E-state index in [2.05, 4.69) is 0 Å². The van der Waals surface area contributed by atoms with Crippen molar-refractivity contribution in [2.45, 2.75) is 0 Å². The molecule has 0 aromatic rings. The summed E-state index contributed by atoms with van der Waals surface area (Å²) in [7, 11) is 0. The summed E-state index contributed by atoms with van der Waals surface area (Å²) in [5.74, 6) is 0. The van der Waals surface area contributed by atoms with Gasteiger partial charge in [-0.25, -0.2) is 0 Å². The first kappa shape index (κ1) is 9.37. The third-order valence-corrected chi connectivity index (χ3v) is 0. The molecule has 0 saturated carbocycles. The normalized spacial score (nSPS) is 6.83. The van der Waals surface area contributed by atoms with Gasteiger partial charge in [-0.3, -0.25) is 19.6 Å². The standard InChI is InChI=1S/H2O3S.H2O2/c1-4(2)3;1-2/h(H2,1,2,3);1-2H. The molecule has 6 heavy (non-hydrogen) atoms. The van der Waals surface area contributed by atoms with E-state index >= 15 is 0 Å². The predicted octanol–water partition coefficient (Wildman–Crippen LogP) is -0.301. The van der Waals surface area contributed by atoms with E-state index in [1.807, 2.05) is 0 Å². The molecular weight excluding hydrogens is 112 g/mol. The highest BCUT2D eigenvalue weighted by atomic mass is 32.2. The van der Waals surface area contributed by atoms with Crippen molar-refractivity contribution in [2.24, 2.45) is 0 Å². The molecule has 5 nitrogen and oxygen atoms in total. The second-order valence-corrected chi connectivity index (χ2v) is 0.692. The van der Waals surface area contributed by atoms with Gasteiger partial charge < -0.3 is 0 Å². The lowest BCUT2D eigenvalue weighted by molar-refractivity contribution is -0.176. The summed E-state index contributed by atoms with van der Waals surface area (Å²) in [6.45, 7) is 0. The first-order chi connectivity index (χ1) is 2.73. The third kappa shape index (κ3) is 357000. The summed E-state index contributed by atoms with van der Waals surface area (Å²) < 4.78 is 22.8. The van der Waals surface area contributed by atoms with Gasteiger partial charge in [-0.15, -0.1) is 0 Å². The van der Waals surface area contributed by atoms with Gasteiger partial charge in [0.25, 0.3) is 11.4 Å². The van der Waals surface area contributed by atoms with Crippen LogP contribution in [0.1, 0.15) is 0 Å². The summed E-state index contributed by atoms with van der Waals surface area (Å²) in [6.07, 6.45) is 0. The summed E-state index contributed by atoms with van der Waals surface area (Å²) in [5, 5.41) is 12.0. The van der Waals surface area contributed by atoms with E-state index in [1.165, 1.54) is 0 Å². The molecule has 0 radical (unpaired) electrons. The highest BCUT2D eigenvalue weighted by Crippen LogP contribution is 1.44. The molecule has 6 heteroatoms. The van der Waals surface area contributed by atoms with Crippen LogP contribution in [0, 0.1) is 0 Å². The van der Waals surface area contributed by atoms with Crippen LogP contribution < -0.4 is 0 Å². The van der Waals surface area contributed by atoms with Crippen LogP contribution in [0.3, 0.4) is 0 Å². The highest BCUT2D eigenvalue weighted by Gasteiger charge is 1.62. The Morgan fingerprint density at radius 1 is 1.17 bits per heavy atom. The molecule has 0 bridgehead atoms. The van der Waals surface area contributed by atoms with E-state index in [-0.39, 0.29) is 0 Å². The van der Waals surface area contributed by atoms with E-state index in [9.17, 15) is 0 Å². The zero-order valence-corrected chi connectivity index (χ0v) is 3.42. The van der Waals surface area contributed by atoms with Gasteiger partial charge in [0.15, 0.2) is 0 Å². The van der Waals surface area contributed by atoms with Crippen molar-refractivity contribution in [2.75, 3.05) is 0 Å². The fourth-order valence-electron chi connectivity index (χ4n) is 0. The van der Waals surface area contributed by atoms with Gasteiger partial charge in [-0.05, 0) is 0 Å². The van der Waals surface area contributed by atoms with Crippen molar-refractivity contribution in [3.8, 4) is 0 Å². The largest absolute Gasteiger partial charge is 0.299 e. The molecule has 0 aromatic carbocycles.